The third-order valence-electron chi connectivity index (χ3n) is 3.00. The van der Waals surface area contributed by atoms with E-state index in [9.17, 15) is 0 Å². The second kappa shape index (κ2) is 3.90. The molecule has 5 heteroatoms. The monoisotopic (exact) mass is 235 g/mol. The largest absolute Gasteiger partial charge is 0.391 e. The van der Waals surface area contributed by atoms with Crippen molar-refractivity contribution in [2.24, 2.45) is 0 Å². The molecule has 0 spiro atoms. The lowest BCUT2D eigenvalue weighted by atomic mass is 10.1. The number of thiophene rings is 1. The molecule has 2 N–H and O–H groups in total. The Balaban J connectivity index is 1.87. The SMILES string of the molecule is Nc1ccc(-c2nc(C3CCCC3)no2)s1. The van der Waals surface area contributed by atoms with Crippen LogP contribution in [0.5, 0.6) is 0 Å². The molecule has 1 aliphatic rings. The van der Waals surface area contributed by atoms with Crippen molar-refractivity contribution in [3.63, 3.8) is 0 Å². The first-order valence-electron chi connectivity index (χ1n) is 5.52. The zero-order valence-electron chi connectivity index (χ0n) is 8.85. The van der Waals surface area contributed by atoms with E-state index in [-0.39, 0.29) is 0 Å². The predicted molar refractivity (Wildman–Crippen MR) is 63.2 cm³/mol. The minimum Gasteiger partial charge on any atom is -0.391 e. The molecule has 16 heavy (non-hydrogen) atoms. The van der Waals surface area contributed by atoms with Crippen LogP contribution < -0.4 is 5.73 Å². The molecule has 1 fully saturated rings. The van der Waals surface area contributed by atoms with Crippen LogP contribution in [0, 0.1) is 0 Å². The fraction of sp³-hybridized carbons (Fsp3) is 0.455. The Kier molecular flexibility index (Phi) is 2.40. The molecule has 2 aromatic rings. The molecule has 1 saturated carbocycles. The maximum Gasteiger partial charge on any atom is 0.268 e. The number of nitrogens with two attached hydrogens (primary N) is 1. The van der Waals surface area contributed by atoms with Crippen molar-refractivity contribution >= 4 is 16.3 Å². The highest BCUT2D eigenvalue weighted by Gasteiger charge is 2.22. The van der Waals surface area contributed by atoms with Gasteiger partial charge in [-0.05, 0) is 25.0 Å². The van der Waals surface area contributed by atoms with Gasteiger partial charge in [0.1, 0.15) is 0 Å². The van der Waals surface area contributed by atoms with Gasteiger partial charge >= 0.3 is 0 Å². The zero-order valence-corrected chi connectivity index (χ0v) is 9.67. The highest BCUT2D eigenvalue weighted by molar-refractivity contribution is 7.19. The molecule has 4 nitrogen and oxygen atoms in total. The van der Waals surface area contributed by atoms with Crippen molar-refractivity contribution in [1.29, 1.82) is 0 Å². The lowest BCUT2D eigenvalue weighted by Gasteiger charge is -1.99. The Labute approximate surface area is 97.5 Å². The van der Waals surface area contributed by atoms with Gasteiger partial charge < -0.3 is 10.3 Å². The Morgan fingerprint density at radius 2 is 2.12 bits per heavy atom. The number of rotatable bonds is 2. The van der Waals surface area contributed by atoms with E-state index in [1.54, 1.807) is 0 Å². The van der Waals surface area contributed by atoms with Crippen LogP contribution >= 0.6 is 11.3 Å². The zero-order chi connectivity index (χ0) is 11.0. The van der Waals surface area contributed by atoms with E-state index in [1.165, 1.54) is 37.0 Å². The van der Waals surface area contributed by atoms with E-state index in [0.717, 1.165) is 15.7 Å². The minimum absolute atomic E-state index is 0.495. The van der Waals surface area contributed by atoms with Crippen molar-refractivity contribution in [3.8, 4) is 10.8 Å². The smallest absolute Gasteiger partial charge is 0.268 e. The van der Waals surface area contributed by atoms with Crippen molar-refractivity contribution < 1.29 is 4.52 Å². The van der Waals surface area contributed by atoms with Gasteiger partial charge in [-0.1, -0.05) is 18.0 Å². The van der Waals surface area contributed by atoms with E-state index in [1.807, 2.05) is 12.1 Å². The number of nitrogens with zero attached hydrogens (tertiary/aromatic N) is 2. The van der Waals surface area contributed by atoms with E-state index in [0.29, 0.717) is 11.8 Å². The van der Waals surface area contributed by atoms with Gasteiger partial charge in [-0.25, -0.2) is 0 Å². The molecule has 0 aromatic carbocycles. The normalized spacial score (nSPS) is 17.0. The molecule has 0 aliphatic heterocycles. The average molecular weight is 235 g/mol. The fourth-order valence-electron chi connectivity index (χ4n) is 2.15. The maximum atomic E-state index is 5.67. The number of anilines is 1. The molecule has 0 amide bonds. The van der Waals surface area contributed by atoms with Crippen molar-refractivity contribution in [1.82, 2.24) is 10.1 Å². The molecular formula is C11H13N3OS. The molecule has 0 atom stereocenters. The minimum atomic E-state index is 0.495. The van der Waals surface area contributed by atoms with Crippen LogP contribution in [0.1, 0.15) is 37.4 Å². The summed E-state index contributed by atoms with van der Waals surface area (Å²) in [6.45, 7) is 0. The Hall–Kier alpha value is -1.36. The van der Waals surface area contributed by atoms with Crippen LogP contribution in [0.15, 0.2) is 16.7 Å². The Morgan fingerprint density at radius 3 is 2.81 bits per heavy atom. The summed E-state index contributed by atoms with van der Waals surface area (Å²) < 4.78 is 5.27. The average Bonchev–Trinajstić information content (AvgIpc) is 2.97. The first kappa shape index (κ1) is 9.84. The third kappa shape index (κ3) is 1.71. The summed E-state index contributed by atoms with van der Waals surface area (Å²) in [6.07, 6.45) is 4.93. The van der Waals surface area contributed by atoms with Crippen LogP contribution in [0.3, 0.4) is 0 Å². The lowest BCUT2D eigenvalue weighted by molar-refractivity contribution is 0.416. The Bertz CT molecular complexity index is 485. The topological polar surface area (TPSA) is 64.9 Å². The molecule has 1 aliphatic carbocycles. The summed E-state index contributed by atoms with van der Waals surface area (Å²) in [4.78, 5) is 5.41. The number of hydrogen-bond acceptors (Lipinski definition) is 5. The number of nitrogen functional groups attached to an aromatic ring is 1. The molecule has 0 radical (unpaired) electrons. The highest BCUT2D eigenvalue weighted by Crippen LogP contribution is 2.34. The van der Waals surface area contributed by atoms with Crippen LogP contribution in [0.2, 0.25) is 0 Å². The molecular weight excluding hydrogens is 222 g/mol. The lowest BCUT2D eigenvalue weighted by Crippen LogP contribution is -1.94. The van der Waals surface area contributed by atoms with E-state index in [2.05, 4.69) is 10.1 Å². The summed E-state index contributed by atoms with van der Waals surface area (Å²) in [5, 5.41) is 4.84. The number of aromatic nitrogens is 2. The summed E-state index contributed by atoms with van der Waals surface area (Å²) in [5.41, 5.74) is 5.67. The van der Waals surface area contributed by atoms with Crippen molar-refractivity contribution in [3.05, 3.63) is 18.0 Å². The van der Waals surface area contributed by atoms with Gasteiger partial charge in [0.15, 0.2) is 5.82 Å². The van der Waals surface area contributed by atoms with Crippen LogP contribution in [-0.4, -0.2) is 10.1 Å². The number of hydrogen-bond donors (Lipinski definition) is 1. The standard InChI is InChI=1S/C11H13N3OS/c12-9-6-5-8(16-9)11-13-10(14-15-11)7-3-1-2-4-7/h5-7H,1-4,12H2. The van der Waals surface area contributed by atoms with Gasteiger partial charge in [0.25, 0.3) is 5.89 Å². The first-order chi connectivity index (χ1) is 7.83. The molecule has 0 unspecified atom stereocenters. The second-order valence-corrected chi connectivity index (χ2v) is 5.26. The molecule has 2 aromatic heterocycles. The van der Waals surface area contributed by atoms with Gasteiger partial charge in [-0.2, -0.15) is 4.98 Å². The second-order valence-electron chi connectivity index (χ2n) is 4.14. The Morgan fingerprint density at radius 1 is 1.31 bits per heavy atom. The molecule has 0 saturated heterocycles. The van der Waals surface area contributed by atoms with Crippen LogP contribution in [-0.2, 0) is 0 Å². The van der Waals surface area contributed by atoms with Gasteiger partial charge in [-0.15, -0.1) is 11.3 Å². The summed E-state index contributed by atoms with van der Waals surface area (Å²) >= 11 is 1.48. The summed E-state index contributed by atoms with van der Waals surface area (Å²) in [5.74, 6) is 1.96. The van der Waals surface area contributed by atoms with Gasteiger partial charge in [0, 0.05) is 5.92 Å². The van der Waals surface area contributed by atoms with E-state index >= 15 is 0 Å². The molecule has 84 valence electrons. The van der Waals surface area contributed by atoms with E-state index < -0.39 is 0 Å². The van der Waals surface area contributed by atoms with Gasteiger partial charge in [-0.3, -0.25) is 0 Å². The summed E-state index contributed by atoms with van der Waals surface area (Å²) in [7, 11) is 0. The van der Waals surface area contributed by atoms with Crippen LogP contribution in [0.4, 0.5) is 5.00 Å². The quantitative estimate of drug-likeness (QED) is 0.868. The maximum absolute atomic E-state index is 5.67. The molecule has 3 rings (SSSR count). The highest BCUT2D eigenvalue weighted by atomic mass is 32.1. The van der Waals surface area contributed by atoms with Gasteiger partial charge in [0.05, 0.1) is 9.88 Å². The molecule has 2 heterocycles. The third-order valence-corrected chi connectivity index (χ3v) is 3.90. The van der Waals surface area contributed by atoms with Gasteiger partial charge in [0.2, 0.25) is 0 Å². The van der Waals surface area contributed by atoms with Crippen molar-refractivity contribution in [2.75, 3.05) is 5.73 Å². The summed E-state index contributed by atoms with van der Waals surface area (Å²) in [6, 6.07) is 3.78. The van der Waals surface area contributed by atoms with E-state index in [4.69, 9.17) is 10.3 Å². The molecule has 0 bridgehead atoms. The predicted octanol–water partition coefficient (Wildman–Crippen LogP) is 3.04. The van der Waals surface area contributed by atoms with Crippen LogP contribution in [0.25, 0.3) is 10.8 Å². The fourth-order valence-corrected chi connectivity index (χ4v) is 2.85. The van der Waals surface area contributed by atoms with Crippen molar-refractivity contribution in [2.45, 2.75) is 31.6 Å². The first-order valence-corrected chi connectivity index (χ1v) is 6.34.